The van der Waals surface area contributed by atoms with Gasteiger partial charge in [0.2, 0.25) is 0 Å². The molecule has 0 aliphatic heterocycles. The van der Waals surface area contributed by atoms with E-state index in [4.69, 9.17) is 14.7 Å². The van der Waals surface area contributed by atoms with Gasteiger partial charge in [0.05, 0.1) is 10.2 Å². The molecule has 0 bridgehead atoms. The minimum absolute atomic E-state index is 0.418. The number of hydrogen-bond donors (Lipinski definition) is 2. The van der Waals surface area contributed by atoms with Crippen molar-refractivity contribution in [2.45, 2.75) is 0 Å². The lowest BCUT2D eigenvalue weighted by molar-refractivity contribution is 0.290. The topological polar surface area (TPSA) is 62.6 Å². The Balaban J connectivity index is 1.92. The highest BCUT2D eigenvalue weighted by Gasteiger charge is 2.17. The van der Waals surface area contributed by atoms with Gasteiger partial charge in [-0.15, -0.1) is 11.3 Å². The first-order valence-electron chi connectivity index (χ1n) is 7.13. The number of thiazole rings is 1. The highest BCUT2D eigenvalue weighted by Crippen LogP contribution is 2.38. The van der Waals surface area contributed by atoms with Gasteiger partial charge in [-0.25, -0.2) is 4.98 Å². The predicted molar refractivity (Wildman–Crippen MR) is 93.4 cm³/mol. The number of nitrogens with zero attached hydrogens (tertiary/aromatic N) is 1. The summed E-state index contributed by atoms with van der Waals surface area (Å²) < 4.78 is 5.84. The van der Waals surface area contributed by atoms with Crippen molar-refractivity contribution in [2.24, 2.45) is 0 Å². The van der Waals surface area contributed by atoms with Gasteiger partial charge in [-0.05, 0) is 22.9 Å². The minimum Gasteiger partial charge on any atom is -0.511 e. The molecule has 4 nitrogen and oxygen atoms in total. The van der Waals surface area contributed by atoms with E-state index in [1.165, 1.54) is 11.3 Å². The van der Waals surface area contributed by atoms with E-state index in [0.29, 0.717) is 5.75 Å². The van der Waals surface area contributed by atoms with E-state index in [1.807, 2.05) is 30.3 Å². The maximum Gasteiger partial charge on any atom is 0.707 e. The molecule has 0 aliphatic carbocycles. The monoisotopic (exact) mass is 321 g/mol. The molecule has 0 saturated heterocycles. The molecular weight excluding hydrogens is 309 g/mol. The van der Waals surface area contributed by atoms with Gasteiger partial charge in [0, 0.05) is 5.56 Å². The van der Waals surface area contributed by atoms with Crippen LogP contribution in [0.25, 0.3) is 31.6 Å². The quantitative estimate of drug-likeness (QED) is 0.567. The Kier molecular flexibility index (Phi) is 3.50. The molecule has 1 aromatic heterocycles. The van der Waals surface area contributed by atoms with Crippen LogP contribution in [0.5, 0.6) is 5.75 Å². The van der Waals surface area contributed by atoms with Crippen molar-refractivity contribution in [3.05, 3.63) is 60.7 Å². The average Bonchev–Trinajstić information content (AvgIpc) is 2.99. The van der Waals surface area contributed by atoms with Crippen LogP contribution in [0, 0.1) is 0 Å². The van der Waals surface area contributed by atoms with Gasteiger partial charge in [-0.3, -0.25) is 0 Å². The maximum absolute atomic E-state index is 9.05. The van der Waals surface area contributed by atoms with Gasteiger partial charge >= 0.3 is 7.32 Å². The van der Waals surface area contributed by atoms with Crippen LogP contribution in [0.15, 0.2) is 60.7 Å². The molecule has 0 unspecified atom stereocenters. The molecule has 0 saturated carbocycles. The van der Waals surface area contributed by atoms with Crippen LogP contribution in [-0.2, 0) is 0 Å². The van der Waals surface area contributed by atoms with Crippen molar-refractivity contribution >= 4 is 39.6 Å². The molecule has 4 aromatic rings. The van der Waals surface area contributed by atoms with E-state index in [2.05, 4.69) is 23.2 Å². The maximum atomic E-state index is 9.05. The van der Waals surface area contributed by atoms with Crippen LogP contribution in [0.2, 0.25) is 0 Å². The zero-order valence-electron chi connectivity index (χ0n) is 12.0. The van der Waals surface area contributed by atoms with Crippen LogP contribution in [0.1, 0.15) is 0 Å². The van der Waals surface area contributed by atoms with Crippen LogP contribution < -0.4 is 4.65 Å². The Morgan fingerprint density at radius 2 is 1.70 bits per heavy atom. The molecule has 0 spiro atoms. The van der Waals surface area contributed by atoms with Gasteiger partial charge in [0.25, 0.3) is 0 Å². The molecule has 0 radical (unpaired) electrons. The second kappa shape index (κ2) is 5.66. The van der Waals surface area contributed by atoms with Crippen molar-refractivity contribution < 1.29 is 14.7 Å². The van der Waals surface area contributed by atoms with Gasteiger partial charge in [0.15, 0.2) is 0 Å². The van der Waals surface area contributed by atoms with Crippen LogP contribution in [-0.4, -0.2) is 22.4 Å². The van der Waals surface area contributed by atoms with Crippen molar-refractivity contribution in [3.63, 3.8) is 0 Å². The molecule has 3 aromatic carbocycles. The number of benzene rings is 3. The van der Waals surface area contributed by atoms with E-state index in [9.17, 15) is 0 Å². The number of fused-ring (bicyclic) bond motifs is 2. The first kappa shape index (κ1) is 14.2. The van der Waals surface area contributed by atoms with Crippen molar-refractivity contribution in [1.82, 2.24) is 4.98 Å². The molecule has 0 aliphatic rings. The van der Waals surface area contributed by atoms with Crippen LogP contribution >= 0.6 is 11.3 Å². The third kappa shape index (κ3) is 2.57. The molecule has 4 rings (SSSR count). The lowest BCUT2D eigenvalue weighted by Crippen LogP contribution is -2.20. The third-order valence-electron chi connectivity index (χ3n) is 3.63. The third-order valence-corrected chi connectivity index (χ3v) is 4.75. The second-order valence-corrected chi connectivity index (χ2v) is 6.09. The van der Waals surface area contributed by atoms with E-state index in [1.54, 1.807) is 12.1 Å². The summed E-state index contributed by atoms with van der Waals surface area (Å²) in [7, 11) is -1.84. The summed E-state index contributed by atoms with van der Waals surface area (Å²) in [6, 6.07) is 19.7. The van der Waals surface area contributed by atoms with Crippen molar-refractivity contribution in [3.8, 4) is 16.3 Å². The smallest absolute Gasteiger partial charge is 0.511 e. The van der Waals surface area contributed by atoms with Crippen LogP contribution in [0.3, 0.4) is 0 Å². The second-order valence-electron chi connectivity index (χ2n) is 5.09. The Morgan fingerprint density at radius 3 is 2.57 bits per heavy atom. The molecular formula is C17H12BNO3S. The molecule has 23 heavy (non-hydrogen) atoms. The van der Waals surface area contributed by atoms with Gasteiger partial charge < -0.3 is 14.7 Å². The van der Waals surface area contributed by atoms with E-state index < -0.39 is 7.32 Å². The summed E-state index contributed by atoms with van der Waals surface area (Å²) >= 11 is 1.48. The molecule has 0 atom stereocenters. The lowest BCUT2D eigenvalue weighted by atomic mass is 10.1. The zero-order valence-corrected chi connectivity index (χ0v) is 12.8. The standard InChI is InChI=1S/C17H12BNO3S/c20-18(21)22-15-10-4-9-14-16(15)23-17(19-14)13-8-3-6-11-5-1-2-7-12(11)13/h1-10,20-21H. The summed E-state index contributed by atoms with van der Waals surface area (Å²) in [6.07, 6.45) is 0. The summed E-state index contributed by atoms with van der Waals surface area (Å²) in [5.41, 5.74) is 1.83. The number of hydrogen-bond acceptors (Lipinski definition) is 5. The SMILES string of the molecule is OB(O)Oc1cccc2nc(-c3cccc4ccccc34)sc12. The minimum atomic E-state index is -1.84. The fourth-order valence-corrected chi connectivity index (χ4v) is 3.72. The molecule has 2 N–H and O–H groups in total. The Hall–Kier alpha value is -2.41. The first-order chi connectivity index (χ1) is 11.2. The first-order valence-corrected chi connectivity index (χ1v) is 7.94. The van der Waals surface area contributed by atoms with Gasteiger partial charge in [0.1, 0.15) is 10.8 Å². The number of rotatable bonds is 3. The number of aromatic nitrogens is 1. The Bertz CT molecular complexity index is 994. The fourth-order valence-electron chi connectivity index (χ4n) is 2.66. The van der Waals surface area contributed by atoms with Crippen molar-refractivity contribution in [1.29, 1.82) is 0 Å². The van der Waals surface area contributed by atoms with E-state index in [0.717, 1.165) is 31.6 Å². The van der Waals surface area contributed by atoms with Crippen molar-refractivity contribution in [2.75, 3.05) is 0 Å². The average molecular weight is 321 g/mol. The molecule has 1 heterocycles. The van der Waals surface area contributed by atoms with E-state index >= 15 is 0 Å². The molecule has 0 amide bonds. The Labute approximate surface area is 136 Å². The summed E-state index contributed by atoms with van der Waals surface area (Å²) in [6.45, 7) is 0. The zero-order chi connectivity index (χ0) is 15.8. The summed E-state index contributed by atoms with van der Waals surface area (Å²) in [5.74, 6) is 0.418. The molecule has 112 valence electrons. The lowest BCUT2D eigenvalue weighted by Gasteiger charge is -2.04. The van der Waals surface area contributed by atoms with E-state index in [-0.39, 0.29) is 0 Å². The Morgan fingerprint density at radius 1 is 0.913 bits per heavy atom. The van der Waals surface area contributed by atoms with Gasteiger partial charge in [-0.1, -0.05) is 48.5 Å². The highest BCUT2D eigenvalue weighted by atomic mass is 32.1. The van der Waals surface area contributed by atoms with Crippen LogP contribution in [0.4, 0.5) is 0 Å². The summed E-state index contributed by atoms with van der Waals surface area (Å²) in [5, 5.41) is 21.3. The highest BCUT2D eigenvalue weighted by molar-refractivity contribution is 7.22. The summed E-state index contributed by atoms with van der Waals surface area (Å²) in [4.78, 5) is 4.68. The molecule has 6 heteroatoms. The largest absolute Gasteiger partial charge is 0.707 e. The van der Waals surface area contributed by atoms with Gasteiger partial charge in [-0.2, -0.15) is 0 Å². The predicted octanol–water partition coefficient (Wildman–Crippen LogP) is 3.46. The normalized spacial score (nSPS) is 11.0. The molecule has 0 fully saturated rings. The fraction of sp³-hybridized carbons (Fsp3) is 0.